The number of hydrogen-bond acceptors (Lipinski definition) is 4. The van der Waals surface area contributed by atoms with Crippen LogP contribution in [-0.4, -0.2) is 35.0 Å². The normalized spacial score (nSPS) is 15.1. The third-order valence-corrected chi connectivity index (χ3v) is 4.73. The highest BCUT2D eigenvalue weighted by Crippen LogP contribution is 2.33. The van der Waals surface area contributed by atoms with E-state index in [4.69, 9.17) is 4.52 Å². The largest absolute Gasteiger partial charge is 0.355 e. The molecule has 27 heavy (non-hydrogen) atoms. The molecule has 2 amide bonds. The second-order valence-electron chi connectivity index (χ2n) is 6.98. The molecule has 0 spiro atoms. The van der Waals surface area contributed by atoms with Gasteiger partial charge in [0, 0.05) is 30.4 Å². The van der Waals surface area contributed by atoms with Crippen LogP contribution in [0.2, 0.25) is 0 Å². The highest BCUT2D eigenvalue weighted by molar-refractivity contribution is 5.99. The summed E-state index contributed by atoms with van der Waals surface area (Å²) < 4.78 is 5.29. The molecule has 1 aliphatic rings. The lowest BCUT2D eigenvalue weighted by molar-refractivity contribution is -0.131. The van der Waals surface area contributed by atoms with Crippen LogP contribution in [0.15, 0.2) is 71.3 Å². The topological polar surface area (TPSA) is 75.4 Å². The first-order valence-corrected chi connectivity index (χ1v) is 8.73. The Hall–Kier alpha value is -3.41. The van der Waals surface area contributed by atoms with Gasteiger partial charge in [-0.1, -0.05) is 53.7 Å². The quantitative estimate of drug-likeness (QED) is 0.772. The van der Waals surface area contributed by atoms with E-state index in [0.29, 0.717) is 18.8 Å². The van der Waals surface area contributed by atoms with Crippen molar-refractivity contribution in [3.63, 3.8) is 0 Å². The second-order valence-corrected chi connectivity index (χ2v) is 6.98. The van der Waals surface area contributed by atoms with Crippen LogP contribution < -0.4 is 5.32 Å². The number of nitrogens with zero attached hydrogens (tertiary/aromatic N) is 2. The summed E-state index contributed by atoms with van der Waals surface area (Å²) in [5.41, 5.74) is 1.24. The van der Waals surface area contributed by atoms with Gasteiger partial charge in [0.1, 0.15) is 0 Å². The first kappa shape index (κ1) is 17.0. The standard InChI is InChI=1S/C21H19N3O3/c1-21(20(26)22-16-10-6-3-7-11-16)13-24(14-21)19(25)17-12-18(27-23-17)15-8-4-2-5-9-15/h2-12H,13-14H2,1H3,(H,22,26). The van der Waals surface area contributed by atoms with E-state index in [1.54, 1.807) is 11.0 Å². The Morgan fingerprint density at radius 3 is 2.33 bits per heavy atom. The van der Waals surface area contributed by atoms with Gasteiger partial charge in [-0.25, -0.2) is 0 Å². The highest BCUT2D eigenvalue weighted by atomic mass is 16.5. The molecule has 1 saturated heterocycles. The van der Waals surface area contributed by atoms with Crippen LogP contribution in [0.4, 0.5) is 5.69 Å². The molecule has 0 bridgehead atoms. The Morgan fingerprint density at radius 1 is 1.04 bits per heavy atom. The molecule has 1 aliphatic heterocycles. The van der Waals surface area contributed by atoms with Crippen molar-refractivity contribution in [2.75, 3.05) is 18.4 Å². The molecule has 6 heteroatoms. The van der Waals surface area contributed by atoms with Crippen molar-refractivity contribution in [3.05, 3.63) is 72.4 Å². The lowest BCUT2D eigenvalue weighted by Crippen LogP contribution is -2.62. The summed E-state index contributed by atoms with van der Waals surface area (Å²) in [7, 11) is 0. The van der Waals surface area contributed by atoms with Crippen molar-refractivity contribution < 1.29 is 14.1 Å². The molecule has 2 aromatic carbocycles. The van der Waals surface area contributed by atoms with Gasteiger partial charge in [-0.15, -0.1) is 0 Å². The molecule has 2 heterocycles. The lowest BCUT2D eigenvalue weighted by atomic mass is 9.80. The van der Waals surface area contributed by atoms with Crippen LogP contribution in [0.3, 0.4) is 0 Å². The molecule has 1 aromatic heterocycles. The Morgan fingerprint density at radius 2 is 1.67 bits per heavy atom. The Bertz CT molecular complexity index is 961. The van der Waals surface area contributed by atoms with E-state index >= 15 is 0 Å². The van der Waals surface area contributed by atoms with E-state index in [1.807, 2.05) is 67.6 Å². The van der Waals surface area contributed by atoms with Crippen molar-refractivity contribution in [1.82, 2.24) is 10.1 Å². The molecule has 136 valence electrons. The summed E-state index contributed by atoms with van der Waals surface area (Å²) in [5, 5.41) is 6.79. The molecule has 6 nitrogen and oxygen atoms in total. The van der Waals surface area contributed by atoms with E-state index in [2.05, 4.69) is 10.5 Å². The number of aromatic nitrogens is 1. The maximum Gasteiger partial charge on any atom is 0.276 e. The highest BCUT2D eigenvalue weighted by Gasteiger charge is 2.47. The molecule has 0 unspecified atom stereocenters. The van der Waals surface area contributed by atoms with Gasteiger partial charge in [0.15, 0.2) is 11.5 Å². The fraction of sp³-hybridized carbons (Fsp3) is 0.190. The predicted molar refractivity (Wildman–Crippen MR) is 101 cm³/mol. The summed E-state index contributed by atoms with van der Waals surface area (Å²) in [6, 6.07) is 20.4. The average molecular weight is 361 g/mol. The number of rotatable bonds is 4. The van der Waals surface area contributed by atoms with Gasteiger partial charge in [-0.2, -0.15) is 0 Å². The average Bonchev–Trinajstić information content (AvgIpc) is 3.16. The van der Waals surface area contributed by atoms with Crippen LogP contribution in [0, 0.1) is 5.41 Å². The second kappa shape index (κ2) is 6.72. The Kier molecular flexibility index (Phi) is 4.24. The Balaban J connectivity index is 1.39. The number of para-hydroxylation sites is 1. The third-order valence-electron chi connectivity index (χ3n) is 4.73. The van der Waals surface area contributed by atoms with Crippen LogP contribution in [0.5, 0.6) is 0 Å². The zero-order valence-electron chi connectivity index (χ0n) is 14.9. The van der Waals surface area contributed by atoms with E-state index in [0.717, 1.165) is 11.3 Å². The Labute approximate surface area is 156 Å². The van der Waals surface area contributed by atoms with E-state index in [1.165, 1.54) is 0 Å². The fourth-order valence-electron chi connectivity index (χ4n) is 3.16. The van der Waals surface area contributed by atoms with Gasteiger partial charge < -0.3 is 14.7 Å². The number of carbonyl (C=O) groups is 2. The molecular formula is C21H19N3O3. The molecule has 0 saturated carbocycles. The maximum atomic E-state index is 12.6. The SMILES string of the molecule is CC1(C(=O)Nc2ccccc2)CN(C(=O)c2cc(-c3ccccc3)on2)C1. The smallest absolute Gasteiger partial charge is 0.276 e. The van der Waals surface area contributed by atoms with Crippen LogP contribution in [0.25, 0.3) is 11.3 Å². The molecule has 0 radical (unpaired) electrons. The fourth-order valence-corrected chi connectivity index (χ4v) is 3.16. The van der Waals surface area contributed by atoms with Gasteiger partial charge in [-0.3, -0.25) is 9.59 Å². The van der Waals surface area contributed by atoms with Crippen LogP contribution in [-0.2, 0) is 4.79 Å². The molecule has 0 aliphatic carbocycles. The summed E-state index contributed by atoms with van der Waals surface area (Å²) in [4.78, 5) is 26.7. The van der Waals surface area contributed by atoms with E-state index in [9.17, 15) is 9.59 Å². The van der Waals surface area contributed by atoms with Crippen molar-refractivity contribution in [1.29, 1.82) is 0 Å². The molecule has 3 aromatic rings. The van der Waals surface area contributed by atoms with E-state index in [-0.39, 0.29) is 17.5 Å². The molecular weight excluding hydrogens is 342 g/mol. The zero-order chi connectivity index (χ0) is 18.9. The number of anilines is 1. The summed E-state index contributed by atoms with van der Waals surface area (Å²) in [6.45, 7) is 2.54. The monoisotopic (exact) mass is 361 g/mol. The number of likely N-dealkylation sites (tertiary alicyclic amines) is 1. The van der Waals surface area contributed by atoms with E-state index < -0.39 is 5.41 Å². The van der Waals surface area contributed by atoms with Gasteiger partial charge in [0.25, 0.3) is 5.91 Å². The minimum Gasteiger partial charge on any atom is -0.355 e. The predicted octanol–water partition coefficient (Wildman–Crippen LogP) is 3.44. The summed E-state index contributed by atoms with van der Waals surface area (Å²) >= 11 is 0. The number of amides is 2. The molecule has 1 fully saturated rings. The molecule has 1 N–H and O–H groups in total. The van der Waals surface area contributed by atoms with Crippen molar-refractivity contribution >= 4 is 17.5 Å². The molecule has 0 atom stereocenters. The van der Waals surface area contributed by atoms with Gasteiger partial charge in [0.05, 0.1) is 5.41 Å². The number of nitrogens with one attached hydrogen (secondary N) is 1. The number of carbonyl (C=O) groups excluding carboxylic acids is 2. The van der Waals surface area contributed by atoms with Gasteiger partial charge >= 0.3 is 0 Å². The minimum absolute atomic E-state index is 0.0946. The first-order valence-electron chi connectivity index (χ1n) is 8.73. The number of hydrogen-bond donors (Lipinski definition) is 1. The molecule has 4 rings (SSSR count). The first-order chi connectivity index (χ1) is 13.0. The van der Waals surface area contributed by atoms with Gasteiger partial charge in [-0.05, 0) is 19.1 Å². The summed E-state index contributed by atoms with van der Waals surface area (Å²) in [6.07, 6.45) is 0. The van der Waals surface area contributed by atoms with Gasteiger partial charge in [0.2, 0.25) is 5.91 Å². The minimum atomic E-state index is -0.614. The van der Waals surface area contributed by atoms with Crippen LogP contribution in [0.1, 0.15) is 17.4 Å². The maximum absolute atomic E-state index is 12.6. The summed E-state index contributed by atoms with van der Waals surface area (Å²) in [5.74, 6) is 0.220. The lowest BCUT2D eigenvalue weighted by Gasteiger charge is -2.46. The van der Waals surface area contributed by atoms with Crippen molar-refractivity contribution in [3.8, 4) is 11.3 Å². The third kappa shape index (κ3) is 3.33. The number of benzene rings is 2. The zero-order valence-corrected chi connectivity index (χ0v) is 14.9. The van der Waals surface area contributed by atoms with Crippen LogP contribution >= 0.6 is 0 Å². The van der Waals surface area contributed by atoms with Crippen molar-refractivity contribution in [2.45, 2.75) is 6.92 Å². The van der Waals surface area contributed by atoms with Crippen molar-refractivity contribution in [2.24, 2.45) is 5.41 Å².